The first kappa shape index (κ1) is 29.7. The van der Waals surface area contributed by atoms with E-state index in [4.69, 9.17) is 4.74 Å². The third-order valence-corrected chi connectivity index (χ3v) is 9.86. The molecule has 1 unspecified atom stereocenters. The van der Waals surface area contributed by atoms with Gasteiger partial charge in [0.1, 0.15) is 17.7 Å². The van der Waals surface area contributed by atoms with Crippen molar-refractivity contribution in [1.29, 1.82) is 0 Å². The molecular formula is C30H31F2N5O4S. The van der Waals surface area contributed by atoms with Gasteiger partial charge in [-0.3, -0.25) is 4.79 Å². The summed E-state index contributed by atoms with van der Waals surface area (Å²) in [7, 11) is -3.63. The molecule has 2 aliphatic heterocycles. The van der Waals surface area contributed by atoms with Crippen molar-refractivity contribution in [2.24, 2.45) is 11.0 Å². The summed E-state index contributed by atoms with van der Waals surface area (Å²) >= 11 is 0. The highest BCUT2D eigenvalue weighted by atomic mass is 32.2. The predicted molar refractivity (Wildman–Crippen MR) is 153 cm³/mol. The molecule has 4 atom stereocenters. The molecule has 12 heteroatoms. The van der Waals surface area contributed by atoms with Crippen molar-refractivity contribution in [3.05, 3.63) is 106 Å². The molecule has 0 saturated carbocycles. The fourth-order valence-electron chi connectivity index (χ4n) is 5.68. The van der Waals surface area contributed by atoms with E-state index in [9.17, 15) is 23.1 Å². The van der Waals surface area contributed by atoms with Gasteiger partial charge in [0.05, 0.1) is 4.90 Å². The Morgan fingerprint density at radius 3 is 2.45 bits per heavy atom. The van der Waals surface area contributed by atoms with E-state index in [2.05, 4.69) is 15.3 Å². The van der Waals surface area contributed by atoms with Crippen LogP contribution in [0.1, 0.15) is 36.3 Å². The molecule has 1 N–H and O–H groups in total. The number of sulfonamides is 1. The lowest BCUT2D eigenvalue weighted by Crippen LogP contribution is -2.37. The number of ether oxygens (including phenoxy) is 1. The molecule has 42 heavy (non-hydrogen) atoms. The molecular weight excluding hydrogens is 564 g/mol. The first-order chi connectivity index (χ1) is 20.3. The molecule has 220 valence electrons. The summed E-state index contributed by atoms with van der Waals surface area (Å²) in [5.74, 6) is -2.19. The smallest absolute Gasteiger partial charge is 0.243 e. The Morgan fingerprint density at radius 2 is 1.76 bits per heavy atom. The van der Waals surface area contributed by atoms with E-state index in [1.807, 2.05) is 0 Å². The van der Waals surface area contributed by atoms with E-state index < -0.39 is 39.5 Å². The summed E-state index contributed by atoms with van der Waals surface area (Å²) in [6.45, 7) is 1.30. The predicted octanol–water partition coefficient (Wildman–Crippen LogP) is 5.80. The standard InChI is InChI=1S/C30H31F2N5O4S/c31-22-11-9-20(10-12-22)28(21-15-17-41-18-16-21)29(35-36-33)30(38)34-27-8-4-7-26(32)25(27)14-13-23-19-37(23)42(39,40)24-5-2-1-3-6-24/h1-12,21,23,28-29H,13-19H2,(H,34,38)/t23-,28-,29-,37?/m0/s1. The Morgan fingerprint density at radius 1 is 1.05 bits per heavy atom. The number of carbonyl (C=O) groups excluding carboxylic acids is 1. The van der Waals surface area contributed by atoms with Gasteiger partial charge >= 0.3 is 0 Å². The molecule has 3 aromatic rings. The molecule has 2 fully saturated rings. The normalized spacial score (nSPS) is 20.2. The number of halogens is 2. The molecule has 0 radical (unpaired) electrons. The van der Waals surface area contributed by atoms with Crippen molar-refractivity contribution in [3.63, 3.8) is 0 Å². The number of nitrogens with one attached hydrogen (secondary N) is 1. The molecule has 0 aliphatic carbocycles. The van der Waals surface area contributed by atoms with E-state index in [1.54, 1.807) is 36.4 Å². The third-order valence-electron chi connectivity index (χ3n) is 7.93. The molecule has 0 bridgehead atoms. The average Bonchev–Trinajstić information content (AvgIpc) is 3.79. The minimum atomic E-state index is -3.63. The summed E-state index contributed by atoms with van der Waals surface area (Å²) in [6.07, 6.45) is 1.79. The lowest BCUT2D eigenvalue weighted by atomic mass is 9.76. The summed E-state index contributed by atoms with van der Waals surface area (Å²) in [5.41, 5.74) is 10.5. The summed E-state index contributed by atoms with van der Waals surface area (Å²) < 4.78 is 61.4. The van der Waals surface area contributed by atoms with Crippen molar-refractivity contribution in [1.82, 2.24) is 4.31 Å². The molecule has 1 amide bonds. The maximum Gasteiger partial charge on any atom is 0.243 e. The van der Waals surface area contributed by atoms with Gasteiger partial charge in [0.25, 0.3) is 0 Å². The number of nitrogens with zero attached hydrogens (tertiary/aromatic N) is 4. The zero-order valence-corrected chi connectivity index (χ0v) is 23.6. The van der Waals surface area contributed by atoms with E-state index in [0.717, 1.165) is 0 Å². The second-order valence-electron chi connectivity index (χ2n) is 10.5. The molecule has 3 aromatic carbocycles. The lowest BCUT2D eigenvalue weighted by molar-refractivity contribution is -0.118. The van der Waals surface area contributed by atoms with Crippen LogP contribution in [-0.2, 0) is 26.0 Å². The fraction of sp³-hybridized carbons (Fsp3) is 0.367. The van der Waals surface area contributed by atoms with Crippen LogP contribution in [0.5, 0.6) is 0 Å². The van der Waals surface area contributed by atoms with Gasteiger partial charge in [-0.1, -0.05) is 41.5 Å². The minimum Gasteiger partial charge on any atom is -0.381 e. The summed E-state index contributed by atoms with van der Waals surface area (Å²) in [6, 6.07) is 16.7. The summed E-state index contributed by atoms with van der Waals surface area (Å²) in [5, 5.41) is 6.63. The Bertz CT molecular complexity index is 1560. The van der Waals surface area contributed by atoms with Gasteiger partial charge in [0.15, 0.2) is 0 Å². The van der Waals surface area contributed by atoms with Crippen LogP contribution in [0.25, 0.3) is 10.4 Å². The number of amides is 1. The van der Waals surface area contributed by atoms with Gasteiger partial charge < -0.3 is 10.1 Å². The first-order valence-corrected chi connectivity index (χ1v) is 15.3. The Hall–Kier alpha value is -3.83. The summed E-state index contributed by atoms with van der Waals surface area (Å²) in [4.78, 5) is 16.8. The number of rotatable bonds is 11. The van der Waals surface area contributed by atoms with Crippen LogP contribution in [0.3, 0.4) is 0 Å². The maximum absolute atomic E-state index is 15.1. The van der Waals surface area contributed by atoms with Crippen LogP contribution in [0, 0.1) is 17.6 Å². The number of hydrogen-bond donors (Lipinski definition) is 1. The zero-order valence-electron chi connectivity index (χ0n) is 22.8. The Labute approximate surface area is 243 Å². The number of hydrogen-bond acceptors (Lipinski definition) is 5. The van der Waals surface area contributed by atoms with Crippen LogP contribution in [0.15, 0.2) is 82.8 Å². The van der Waals surface area contributed by atoms with Gasteiger partial charge in [-0.2, -0.15) is 4.31 Å². The highest BCUT2D eigenvalue weighted by molar-refractivity contribution is 7.89. The number of carbonyl (C=O) groups is 1. The quantitative estimate of drug-likeness (QED) is 0.130. The third kappa shape index (κ3) is 6.63. The number of anilines is 1. The maximum atomic E-state index is 15.1. The van der Waals surface area contributed by atoms with Crippen molar-refractivity contribution >= 4 is 21.6 Å². The number of benzene rings is 3. The van der Waals surface area contributed by atoms with Crippen molar-refractivity contribution < 1.29 is 26.7 Å². The van der Waals surface area contributed by atoms with Crippen molar-refractivity contribution in [2.45, 2.75) is 48.6 Å². The topological polar surface area (TPSA) is 124 Å². The van der Waals surface area contributed by atoms with Crippen molar-refractivity contribution in [2.75, 3.05) is 25.1 Å². The second-order valence-corrected chi connectivity index (χ2v) is 12.4. The Balaban J connectivity index is 1.34. The lowest BCUT2D eigenvalue weighted by Gasteiger charge is -2.34. The van der Waals surface area contributed by atoms with Gasteiger partial charge in [-0.05, 0) is 79.1 Å². The first-order valence-electron chi connectivity index (χ1n) is 13.8. The van der Waals surface area contributed by atoms with Gasteiger partial charge in [-0.25, -0.2) is 17.2 Å². The average molecular weight is 596 g/mol. The second kappa shape index (κ2) is 13.0. The monoisotopic (exact) mass is 595 g/mol. The SMILES string of the molecule is [N-]=[N+]=N[C@H](C(=O)Nc1cccc(F)c1CC[C@H]1CN1S(=O)(=O)c1ccccc1)[C@@H](c1ccc(F)cc1)C1CCOCC1. The van der Waals surface area contributed by atoms with Crippen LogP contribution >= 0.6 is 0 Å². The number of azide groups is 1. The highest BCUT2D eigenvalue weighted by Crippen LogP contribution is 2.38. The molecule has 5 rings (SSSR count). The highest BCUT2D eigenvalue weighted by Gasteiger charge is 2.44. The van der Waals surface area contributed by atoms with E-state index in [-0.39, 0.29) is 34.5 Å². The van der Waals surface area contributed by atoms with Crippen LogP contribution in [0.2, 0.25) is 0 Å². The van der Waals surface area contributed by atoms with E-state index in [1.165, 1.54) is 40.7 Å². The van der Waals surface area contributed by atoms with Gasteiger partial charge in [0.2, 0.25) is 15.9 Å². The molecule has 2 heterocycles. The van der Waals surface area contributed by atoms with Crippen LogP contribution < -0.4 is 5.32 Å². The largest absolute Gasteiger partial charge is 0.381 e. The van der Waals surface area contributed by atoms with Crippen LogP contribution in [-0.4, -0.2) is 50.5 Å². The molecule has 0 spiro atoms. The zero-order chi connectivity index (χ0) is 29.7. The molecule has 2 aliphatic rings. The molecule has 0 aromatic heterocycles. The molecule has 9 nitrogen and oxygen atoms in total. The van der Waals surface area contributed by atoms with Crippen LogP contribution in [0.4, 0.5) is 14.5 Å². The van der Waals surface area contributed by atoms with Gasteiger partial charge in [0, 0.05) is 47.9 Å². The minimum absolute atomic E-state index is 0.0649. The fourth-order valence-corrected chi connectivity index (χ4v) is 7.32. The van der Waals surface area contributed by atoms with Crippen molar-refractivity contribution in [3.8, 4) is 0 Å². The van der Waals surface area contributed by atoms with Gasteiger partial charge in [-0.15, -0.1) is 0 Å². The Kier molecular flexibility index (Phi) is 9.18. The molecule has 2 saturated heterocycles. The van der Waals surface area contributed by atoms with E-state index >= 15 is 4.39 Å². The van der Waals surface area contributed by atoms with E-state index in [0.29, 0.717) is 44.6 Å².